The second kappa shape index (κ2) is 6.97. The molecule has 1 fully saturated rings. The van der Waals surface area contributed by atoms with Crippen LogP contribution < -0.4 is 0 Å². The maximum absolute atomic E-state index is 12.8. The van der Waals surface area contributed by atoms with Gasteiger partial charge in [-0.25, -0.2) is 4.98 Å². The lowest BCUT2D eigenvalue weighted by atomic mass is 9.95. The zero-order valence-electron chi connectivity index (χ0n) is 12.7. The van der Waals surface area contributed by atoms with Gasteiger partial charge in [0.2, 0.25) is 0 Å². The van der Waals surface area contributed by atoms with Crippen molar-refractivity contribution in [2.45, 2.75) is 30.3 Å². The summed E-state index contributed by atoms with van der Waals surface area (Å²) in [5, 5.41) is 1.01. The molecule has 3 rings (SSSR count). The second-order valence-corrected chi connectivity index (χ2v) is 6.34. The molecular formula is C18H20N2OS. The standard InChI is InChI=1S/C18H20N2OS/c1-22-17-11-10-15(13-19-17)16-9-5-6-12-20(16)18(21)14-7-3-2-4-8-14/h2-4,7-8,10-11,13,16H,5-6,9,12H2,1H3/t16-/m1/s1. The first-order valence-corrected chi connectivity index (χ1v) is 8.88. The molecule has 1 aliphatic rings. The van der Waals surface area contributed by atoms with Crippen molar-refractivity contribution in [1.82, 2.24) is 9.88 Å². The number of carbonyl (C=O) groups is 1. The zero-order chi connectivity index (χ0) is 15.4. The number of rotatable bonds is 3. The van der Waals surface area contributed by atoms with Gasteiger partial charge in [0.15, 0.2) is 0 Å². The van der Waals surface area contributed by atoms with Crippen LogP contribution >= 0.6 is 11.8 Å². The van der Waals surface area contributed by atoms with Gasteiger partial charge in [-0.1, -0.05) is 24.3 Å². The monoisotopic (exact) mass is 312 g/mol. The van der Waals surface area contributed by atoms with Crippen LogP contribution in [0.3, 0.4) is 0 Å². The number of thioether (sulfide) groups is 1. The molecule has 0 radical (unpaired) electrons. The molecule has 1 aromatic carbocycles. The van der Waals surface area contributed by atoms with Crippen LogP contribution in [0.25, 0.3) is 0 Å². The Labute approximate surface area is 135 Å². The van der Waals surface area contributed by atoms with Gasteiger partial charge in [0.05, 0.1) is 11.1 Å². The highest BCUT2D eigenvalue weighted by molar-refractivity contribution is 7.98. The maximum atomic E-state index is 12.8. The molecule has 1 atom stereocenters. The Morgan fingerprint density at radius 3 is 2.68 bits per heavy atom. The van der Waals surface area contributed by atoms with Gasteiger partial charge in [-0.15, -0.1) is 11.8 Å². The molecule has 4 heteroatoms. The molecule has 0 aliphatic carbocycles. The predicted molar refractivity (Wildman–Crippen MR) is 90.1 cm³/mol. The highest BCUT2D eigenvalue weighted by atomic mass is 32.2. The number of hydrogen-bond acceptors (Lipinski definition) is 3. The third-order valence-electron chi connectivity index (χ3n) is 4.14. The average molecular weight is 312 g/mol. The molecule has 114 valence electrons. The molecule has 3 nitrogen and oxygen atoms in total. The van der Waals surface area contributed by atoms with Crippen molar-refractivity contribution in [2.75, 3.05) is 12.8 Å². The minimum Gasteiger partial charge on any atom is -0.332 e. The summed E-state index contributed by atoms with van der Waals surface area (Å²) in [6, 6.07) is 13.9. The molecule has 1 saturated heterocycles. The quantitative estimate of drug-likeness (QED) is 0.798. The number of likely N-dealkylation sites (tertiary alicyclic amines) is 1. The first kappa shape index (κ1) is 15.1. The van der Waals surface area contributed by atoms with Crippen LogP contribution in [0.5, 0.6) is 0 Å². The molecule has 0 bridgehead atoms. The summed E-state index contributed by atoms with van der Waals surface area (Å²) in [5.74, 6) is 0.124. The fourth-order valence-electron chi connectivity index (χ4n) is 2.98. The van der Waals surface area contributed by atoms with Crippen LogP contribution in [-0.2, 0) is 0 Å². The Hall–Kier alpha value is -1.81. The summed E-state index contributed by atoms with van der Waals surface area (Å²) in [4.78, 5) is 19.3. The molecule has 2 heterocycles. The van der Waals surface area contributed by atoms with Crippen LogP contribution in [0, 0.1) is 0 Å². The Morgan fingerprint density at radius 2 is 2.00 bits per heavy atom. The number of benzene rings is 1. The van der Waals surface area contributed by atoms with Crippen molar-refractivity contribution < 1.29 is 4.79 Å². The van der Waals surface area contributed by atoms with Crippen molar-refractivity contribution in [3.63, 3.8) is 0 Å². The Kier molecular flexibility index (Phi) is 4.78. The highest BCUT2D eigenvalue weighted by Crippen LogP contribution is 2.32. The maximum Gasteiger partial charge on any atom is 0.254 e. The smallest absolute Gasteiger partial charge is 0.254 e. The summed E-state index contributed by atoms with van der Waals surface area (Å²) < 4.78 is 0. The van der Waals surface area contributed by atoms with E-state index < -0.39 is 0 Å². The molecule has 2 aromatic rings. The van der Waals surface area contributed by atoms with Crippen LogP contribution in [0.4, 0.5) is 0 Å². The van der Waals surface area contributed by atoms with Crippen LogP contribution in [-0.4, -0.2) is 28.6 Å². The van der Waals surface area contributed by atoms with Crippen molar-refractivity contribution >= 4 is 17.7 Å². The van der Waals surface area contributed by atoms with Gasteiger partial charge in [0.1, 0.15) is 0 Å². The number of aromatic nitrogens is 1. The molecule has 0 unspecified atom stereocenters. The first-order chi connectivity index (χ1) is 10.8. The molecule has 1 amide bonds. The lowest BCUT2D eigenvalue weighted by Crippen LogP contribution is -2.38. The first-order valence-electron chi connectivity index (χ1n) is 7.65. The molecule has 22 heavy (non-hydrogen) atoms. The lowest BCUT2D eigenvalue weighted by Gasteiger charge is -2.36. The van der Waals surface area contributed by atoms with E-state index in [2.05, 4.69) is 11.1 Å². The van der Waals surface area contributed by atoms with Crippen molar-refractivity contribution in [1.29, 1.82) is 0 Å². The van der Waals surface area contributed by atoms with E-state index in [1.807, 2.05) is 53.8 Å². The van der Waals surface area contributed by atoms with E-state index >= 15 is 0 Å². The highest BCUT2D eigenvalue weighted by Gasteiger charge is 2.28. The zero-order valence-corrected chi connectivity index (χ0v) is 13.6. The average Bonchev–Trinajstić information content (AvgIpc) is 2.62. The largest absolute Gasteiger partial charge is 0.332 e. The van der Waals surface area contributed by atoms with E-state index in [4.69, 9.17) is 0 Å². The van der Waals surface area contributed by atoms with Crippen molar-refractivity contribution in [3.8, 4) is 0 Å². The normalized spacial score (nSPS) is 18.2. The third kappa shape index (κ3) is 3.17. The van der Waals surface area contributed by atoms with Crippen molar-refractivity contribution in [3.05, 3.63) is 59.8 Å². The van der Waals surface area contributed by atoms with E-state index in [1.165, 1.54) is 0 Å². The van der Waals surface area contributed by atoms with E-state index in [-0.39, 0.29) is 11.9 Å². The van der Waals surface area contributed by atoms with Gasteiger partial charge in [-0.3, -0.25) is 4.79 Å². The number of hydrogen-bond donors (Lipinski definition) is 0. The molecule has 1 aliphatic heterocycles. The van der Waals surface area contributed by atoms with Gasteiger partial charge in [0.25, 0.3) is 5.91 Å². The van der Waals surface area contributed by atoms with Gasteiger partial charge in [0, 0.05) is 18.3 Å². The van der Waals surface area contributed by atoms with Crippen molar-refractivity contribution in [2.24, 2.45) is 0 Å². The number of piperidine rings is 1. The van der Waals surface area contributed by atoms with E-state index in [9.17, 15) is 4.79 Å². The molecule has 0 spiro atoms. The minimum atomic E-state index is 0.124. The SMILES string of the molecule is CSc1ccc([C@H]2CCCCN2C(=O)c2ccccc2)cn1. The molecule has 1 aromatic heterocycles. The van der Waals surface area contributed by atoms with Gasteiger partial charge < -0.3 is 4.90 Å². The van der Waals surface area contributed by atoms with E-state index in [1.54, 1.807) is 11.8 Å². The van der Waals surface area contributed by atoms with Crippen LogP contribution in [0.1, 0.15) is 41.2 Å². The Bertz CT molecular complexity index is 627. The van der Waals surface area contributed by atoms with E-state index in [0.29, 0.717) is 0 Å². The number of nitrogens with zero attached hydrogens (tertiary/aromatic N) is 2. The van der Waals surface area contributed by atoms with Gasteiger partial charge in [-0.05, 0) is 49.3 Å². The summed E-state index contributed by atoms with van der Waals surface area (Å²) >= 11 is 1.64. The second-order valence-electron chi connectivity index (χ2n) is 5.51. The number of pyridine rings is 1. The number of amides is 1. The van der Waals surface area contributed by atoms with Gasteiger partial charge >= 0.3 is 0 Å². The van der Waals surface area contributed by atoms with Crippen LogP contribution in [0.2, 0.25) is 0 Å². The fraction of sp³-hybridized carbons (Fsp3) is 0.333. The van der Waals surface area contributed by atoms with E-state index in [0.717, 1.165) is 42.0 Å². The third-order valence-corrected chi connectivity index (χ3v) is 4.80. The minimum absolute atomic E-state index is 0.124. The fourth-order valence-corrected chi connectivity index (χ4v) is 3.34. The summed E-state index contributed by atoms with van der Waals surface area (Å²) in [6.45, 7) is 0.822. The summed E-state index contributed by atoms with van der Waals surface area (Å²) in [5.41, 5.74) is 1.91. The number of carbonyl (C=O) groups excluding carboxylic acids is 1. The lowest BCUT2D eigenvalue weighted by molar-refractivity contribution is 0.0611. The summed E-state index contributed by atoms with van der Waals surface area (Å²) in [6.07, 6.45) is 7.19. The van der Waals surface area contributed by atoms with Crippen LogP contribution in [0.15, 0.2) is 53.7 Å². The molecular weight excluding hydrogens is 292 g/mol. The Balaban J connectivity index is 1.86. The van der Waals surface area contributed by atoms with Gasteiger partial charge in [-0.2, -0.15) is 0 Å². The predicted octanol–water partition coefficient (Wildman–Crippen LogP) is 4.17. The topological polar surface area (TPSA) is 33.2 Å². The molecule has 0 N–H and O–H groups in total. The summed E-state index contributed by atoms with van der Waals surface area (Å²) in [7, 11) is 0. The Morgan fingerprint density at radius 1 is 1.18 bits per heavy atom. The molecule has 0 saturated carbocycles.